The van der Waals surface area contributed by atoms with E-state index in [2.05, 4.69) is 65.7 Å². The molecule has 1 saturated heterocycles. The maximum Gasteiger partial charge on any atom is 0.230 e. The number of ether oxygens (including phenoxy) is 1. The van der Waals surface area contributed by atoms with Crippen molar-refractivity contribution in [3.63, 3.8) is 0 Å². The predicted octanol–water partition coefficient (Wildman–Crippen LogP) is 3.25. The summed E-state index contributed by atoms with van der Waals surface area (Å²) < 4.78 is 5.82. The van der Waals surface area contributed by atoms with E-state index >= 15 is 0 Å². The van der Waals surface area contributed by atoms with Crippen LogP contribution in [0.25, 0.3) is 0 Å². The van der Waals surface area contributed by atoms with Gasteiger partial charge in [-0.1, -0.05) is 60.2 Å². The van der Waals surface area contributed by atoms with Crippen molar-refractivity contribution in [1.82, 2.24) is 10.2 Å². The number of morpholine rings is 1. The van der Waals surface area contributed by atoms with Gasteiger partial charge in [-0.05, 0) is 18.1 Å². The molecule has 1 unspecified atom stereocenters. The number of hydrogen-bond acceptors (Lipinski definition) is 4. The monoisotopic (exact) mass is 384 g/mol. The largest absolute Gasteiger partial charge is 0.374 e. The standard InChI is InChI=1S/C22H28N2O2S/c1-18-7-9-20(10-8-18)16-27-17-22(25)23-13-21-15-24(11-12-26-21)14-19-5-3-2-4-6-19/h2-10,21H,11-17H2,1H3,(H,23,25). The van der Waals surface area contributed by atoms with Gasteiger partial charge in [0.25, 0.3) is 0 Å². The van der Waals surface area contributed by atoms with E-state index in [1.807, 2.05) is 6.07 Å². The van der Waals surface area contributed by atoms with Gasteiger partial charge in [-0.3, -0.25) is 9.69 Å². The Hall–Kier alpha value is -1.82. The van der Waals surface area contributed by atoms with Gasteiger partial charge in [0, 0.05) is 31.9 Å². The van der Waals surface area contributed by atoms with Crippen molar-refractivity contribution < 1.29 is 9.53 Å². The van der Waals surface area contributed by atoms with Gasteiger partial charge in [-0.25, -0.2) is 0 Å². The number of aryl methyl sites for hydroxylation is 1. The number of amides is 1. The summed E-state index contributed by atoms with van der Waals surface area (Å²) in [6.07, 6.45) is 0.0634. The second kappa shape index (κ2) is 10.5. The molecule has 1 N–H and O–H groups in total. The highest BCUT2D eigenvalue weighted by Crippen LogP contribution is 2.13. The van der Waals surface area contributed by atoms with Crippen molar-refractivity contribution in [3.8, 4) is 0 Å². The van der Waals surface area contributed by atoms with Gasteiger partial charge in [-0.15, -0.1) is 11.8 Å². The van der Waals surface area contributed by atoms with Gasteiger partial charge >= 0.3 is 0 Å². The van der Waals surface area contributed by atoms with E-state index in [0.29, 0.717) is 12.3 Å². The zero-order chi connectivity index (χ0) is 18.9. The molecule has 0 bridgehead atoms. The van der Waals surface area contributed by atoms with E-state index in [9.17, 15) is 4.79 Å². The Morgan fingerprint density at radius 1 is 1.15 bits per heavy atom. The zero-order valence-corrected chi connectivity index (χ0v) is 16.7. The van der Waals surface area contributed by atoms with Crippen LogP contribution in [-0.2, 0) is 21.8 Å². The molecule has 1 aliphatic rings. The fourth-order valence-electron chi connectivity index (χ4n) is 3.11. The highest BCUT2D eigenvalue weighted by molar-refractivity contribution is 7.99. The molecule has 1 aliphatic heterocycles. The van der Waals surface area contributed by atoms with Gasteiger partial charge in [0.2, 0.25) is 5.91 Å². The lowest BCUT2D eigenvalue weighted by atomic mass is 10.2. The van der Waals surface area contributed by atoms with Crippen LogP contribution >= 0.6 is 11.8 Å². The molecule has 2 aromatic carbocycles. The number of carbonyl (C=O) groups excluding carboxylic acids is 1. The van der Waals surface area contributed by atoms with Crippen molar-refractivity contribution in [2.75, 3.05) is 32.0 Å². The van der Waals surface area contributed by atoms with Gasteiger partial charge in [0.1, 0.15) is 0 Å². The molecule has 2 aromatic rings. The summed E-state index contributed by atoms with van der Waals surface area (Å²) in [6, 6.07) is 18.9. The van der Waals surface area contributed by atoms with Crippen LogP contribution in [0.15, 0.2) is 54.6 Å². The summed E-state index contributed by atoms with van der Waals surface area (Å²) in [4.78, 5) is 14.5. The first-order chi connectivity index (χ1) is 13.2. The van der Waals surface area contributed by atoms with Crippen LogP contribution < -0.4 is 5.32 Å². The highest BCUT2D eigenvalue weighted by Gasteiger charge is 2.21. The minimum atomic E-state index is 0.0634. The van der Waals surface area contributed by atoms with Crippen LogP contribution in [0.5, 0.6) is 0 Å². The molecule has 0 spiro atoms. The molecule has 5 heteroatoms. The fraction of sp³-hybridized carbons (Fsp3) is 0.409. The Bertz CT molecular complexity index is 706. The summed E-state index contributed by atoms with van der Waals surface area (Å²) in [5, 5.41) is 3.02. The van der Waals surface area contributed by atoms with Crippen molar-refractivity contribution in [2.45, 2.75) is 25.3 Å². The molecule has 0 radical (unpaired) electrons. The third kappa shape index (κ3) is 7.01. The van der Waals surface area contributed by atoms with Gasteiger partial charge in [0.05, 0.1) is 18.5 Å². The number of carbonyl (C=O) groups is 1. The summed E-state index contributed by atoms with van der Waals surface area (Å²) in [5.74, 6) is 1.42. The smallest absolute Gasteiger partial charge is 0.230 e. The van der Waals surface area contributed by atoms with E-state index in [1.165, 1.54) is 16.7 Å². The van der Waals surface area contributed by atoms with E-state index in [1.54, 1.807) is 11.8 Å². The summed E-state index contributed by atoms with van der Waals surface area (Å²) in [7, 11) is 0. The summed E-state index contributed by atoms with van der Waals surface area (Å²) in [6.45, 7) is 6.10. The Kier molecular flexibility index (Phi) is 7.75. The van der Waals surface area contributed by atoms with E-state index in [0.717, 1.165) is 32.0 Å². The minimum Gasteiger partial charge on any atom is -0.374 e. The van der Waals surface area contributed by atoms with Gasteiger partial charge in [-0.2, -0.15) is 0 Å². The number of nitrogens with one attached hydrogen (secondary N) is 1. The van der Waals surface area contributed by atoms with Crippen LogP contribution in [0.1, 0.15) is 16.7 Å². The van der Waals surface area contributed by atoms with Crippen molar-refractivity contribution in [3.05, 3.63) is 71.3 Å². The van der Waals surface area contributed by atoms with E-state index < -0.39 is 0 Å². The number of thioether (sulfide) groups is 1. The molecule has 0 aliphatic carbocycles. The maximum atomic E-state index is 12.1. The quantitative estimate of drug-likeness (QED) is 0.759. The maximum absolute atomic E-state index is 12.1. The van der Waals surface area contributed by atoms with E-state index in [-0.39, 0.29) is 12.0 Å². The van der Waals surface area contributed by atoms with Crippen LogP contribution in [-0.4, -0.2) is 48.9 Å². The molecular weight excluding hydrogens is 356 g/mol. The molecule has 27 heavy (non-hydrogen) atoms. The lowest BCUT2D eigenvalue weighted by Crippen LogP contribution is -2.47. The normalized spacial score (nSPS) is 17.6. The third-order valence-electron chi connectivity index (χ3n) is 4.62. The lowest BCUT2D eigenvalue weighted by molar-refractivity contribution is -0.119. The van der Waals surface area contributed by atoms with E-state index in [4.69, 9.17) is 4.74 Å². The first-order valence-corrected chi connectivity index (χ1v) is 10.6. The zero-order valence-electron chi connectivity index (χ0n) is 15.9. The van der Waals surface area contributed by atoms with Crippen LogP contribution in [0.4, 0.5) is 0 Å². The lowest BCUT2D eigenvalue weighted by Gasteiger charge is -2.33. The second-order valence-corrected chi connectivity index (χ2v) is 7.98. The Morgan fingerprint density at radius 3 is 2.70 bits per heavy atom. The number of rotatable bonds is 8. The Morgan fingerprint density at radius 2 is 1.93 bits per heavy atom. The molecular formula is C22H28N2O2S. The van der Waals surface area contributed by atoms with Crippen molar-refractivity contribution >= 4 is 17.7 Å². The van der Waals surface area contributed by atoms with Crippen LogP contribution in [0, 0.1) is 6.92 Å². The first-order valence-electron chi connectivity index (χ1n) is 9.47. The predicted molar refractivity (Wildman–Crippen MR) is 112 cm³/mol. The van der Waals surface area contributed by atoms with Crippen LogP contribution in [0.2, 0.25) is 0 Å². The number of benzene rings is 2. The second-order valence-electron chi connectivity index (χ2n) is 7.00. The van der Waals surface area contributed by atoms with Crippen LogP contribution in [0.3, 0.4) is 0 Å². The molecule has 3 rings (SSSR count). The first kappa shape index (κ1) is 19.9. The number of nitrogens with zero attached hydrogens (tertiary/aromatic N) is 1. The Labute approximate surface area is 166 Å². The van der Waals surface area contributed by atoms with Crippen molar-refractivity contribution in [1.29, 1.82) is 0 Å². The fourth-order valence-corrected chi connectivity index (χ4v) is 3.93. The molecule has 1 heterocycles. The van der Waals surface area contributed by atoms with Crippen molar-refractivity contribution in [2.24, 2.45) is 0 Å². The Balaban J connectivity index is 1.33. The topological polar surface area (TPSA) is 41.6 Å². The number of hydrogen-bond donors (Lipinski definition) is 1. The molecule has 1 atom stereocenters. The van der Waals surface area contributed by atoms with Gasteiger partial charge < -0.3 is 10.1 Å². The molecule has 1 fully saturated rings. The molecule has 144 valence electrons. The summed E-state index contributed by atoms with van der Waals surface area (Å²) in [5.41, 5.74) is 3.83. The molecule has 4 nitrogen and oxygen atoms in total. The minimum absolute atomic E-state index is 0.0634. The SMILES string of the molecule is Cc1ccc(CSCC(=O)NCC2CN(Cc3ccccc3)CCO2)cc1. The average Bonchev–Trinajstić information content (AvgIpc) is 2.69. The van der Waals surface area contributed by atoms with Gasteiger partial charge in [0.15, 0.2) is 0 Å². The third-order valence-corrected chi connectivity index (χ3v) is 5.63. The average molecular weight is 385 g/mol. The molecule has 0 aromatic heterocycles. The molecule has 0 saturated carbocycles. The highest BCUT2D eigenvalue weighted by atomic mass is 32.2. The summed E-state index contributed by atoms with van der Waals surface area (Å²) >= 11 is 1.65. The molecule has 1 amide bonds.